The van der Waals surface area contributed by atoms with Gasteiger partial charge in [0.2, 0.25) is 0 Å². The van der Waals surface area contributed by atoms with Gasteiger partial charge in [0, 0.05) is 21.2 Å². The SMILES string of the molecule is CCOc1cc(/C=C(\C#N)C(=O)OCCOC)ccc1OCC(=O)N(C)C. The summed E-state index contributed by atoms with van der Waals surface area (Å²) in [6.07, 6.45) is 1.40. The van der Waals surface area contributed by atoms with E-state index in [0.29, 0.717) is 23.7 Å². The van der Waals surface area contributed by atoms with Gasteiger partial charge >= 0.3 is 5.97 Å². The van der Waals surface area contributed by atoms with E-state index in [0.717, 1.165) is 0 Å². The highest BCUT2D eigenvalue weighted by atomic mass is 16.6. The number of esters is 1. The summed E-state index contributed by atoms with van der Waals surface area (Å²) in [5.41, 5.74) is 0.412. The Morgan fingerprint density at radius 2 is 1.93 bits per heavy atom. The third-order valence-corrected chi connectivity index (χ3v) is 3.29. The van der Waals surface area contributed by atoms with Crippen molar-refractivity contribution >= 4 is 18.0 Å². The molecule has 1 aromatic carbocycles. The number of carbonyl (C=O) groups excluding carboxylic acids is 2. The van der Waals surface area contributed by atoms with Crippen molar-refractivity contribution in [1.29, 1.82) is 5.26 Å². The number of rotatable bonds is 10. The Bertz CT molecular complexity index is 721. The minimum absolute atomic E-state index is 0.0607. The normalized spacial score (nSPS) is 10.7. The van der Waals surface area contributed by atoms with E-state index >= 15 is 0 Å². The number of carbonyl (C=O) groups is 2. The highest BCUT2D eigenvalue weighted by Crippen LogP contribution is 2.29. The lowest BCUT2D eigenvalue weighted by Gasteiger charge is -2.14. The summed E-state index contributed by atoms with van der Waals surface area (Å²) in [4.78, 5) is 25.0. The quantitative estimate of drug-likeness (QED) is 0.265. The van der Waals surface area contributed by atoms with Gasteiger partial charge in [0.05, 0.1) is 13.2 Å². The van der Waals surface area contributed by atoms with Gasteiger partial charge in [-0.25, -0.2) is 4.79 Å². The molecule has 0 saturated heterocycles. The molecule has 146 valence electrons. The predicted molar refractivity (Wildman–Crippen MR) is 98.2 cm³/mol. The summed E-state index contributed by atoms with van der Waals surface area (Å²) in [7, 11) is 4.76. The maximum absolute atomic E-state index is 11.9. The van der Waals surface area contributed by atoms with E-state index in [-0.39, 0.29) is 31.3 Å². The topological polar surface area (TPSA) is 98.1 Å². The molecule has 0 bridgehead atoms. The van der Waals surface area contributed by atoms with Crippen LogP contribution in [-0.2, 0) is 19.1 Å². The van der Waals surface area contributed by atoms with E-state index in [2.05, 4.69) is 0 Å². The molecule has 27 heavy (non-hydrogen) atoms. The Kier molecular flexibility index (Phi) is 9.40. The lowest BCUT2D eigenvalue weighted by Crippen LogP contribution is -2.27. The number of likely N-dealkylation sites (N-methyl/N-ethyl adjacent to an activating group) is 1. The number of hydrogen-bond donors (Lipinski definition) is 0. The van der Waals surface area contributed by atoms with Crippen LogP contribution >= 0.6 is 0 Å². The van der Waals surface area contributed by atoms with Crippen LogP contribution in [-0.4, -0.2) is 64.4 Å². The molecular formula is C19H24N2O6. The van der Waals surface area contributed by atoms with Gasteiger partial charge in [-0.15, -0.1) is 0 Å². The van der Waals surface area contributed by atoms with Crippen molar-refractivity contribution in [3.8, 4) is 17.6 Å². The van der Waals surface area contributed by atoms with E-state index < -0.39 is 5.97 Å². The van der Waals surface area contributed by atoms with Crippen molar-refractivity contribution in [2.45, 2.75) is 6.92 Å². The summed E-state index contributed by atoms with van der Waals surface area (Å²) in [6, 6.07) is 6.71. The van der Waals surface area contributed by atoms with Crippen molar-refractivity contribution in [1.82, 2.24) is 4.90 Å². The average molecular weight is 376 g/mol. The second-order valence-corrected chi connectivity index (χ2v) is 5.51. The van der Waals surface area contributed by atoms with Crippen LogP contribution in [0.25, 0.3) is 6.08 Å². The van der Waals surface area contributed by atoms with Crippen LogP contribution < -0.4 is 9.47 Å². The number of hydrogen-bond acceptors (Lipinski definition) is 7. The van der Waals surface area contributed by atoms with E-state index in [1.54, 1.807) is 32.3 Å². The van der Waals surface area contributed by atoms with Crippen molar-refractivity contribution < 1.29 is 28.5 Å². The fourth-order valence-electron chi connectivity index (χ4n) is 1.87. The Morgan fingerprint density at radius 1 is 1.19 bits per heavy atom. The standard InChI is InChI=1S/C19H24N2O6/c1-5-25-17-11-14(6-7-16(17)27-13-18(22)21(2)3)10-15(12-20)19(23)26-9-8-24-4/h6-7,10-11H,5,8-9,13H2,1-4H3/b15-10+. The van der Waals surface area contributed by atoms with Gasteiger partial charge < -0.3 is 23.8 Å². The monoisotopic (exact) mass is 376 g/mol. The zero-order valence-electron chi connectivity index (χ0n) is 16.0. The maximum atomic E-state index is 11.9. The number of benzene rings is 1. The van der Waals surface area contributed by atoms with Gasteiger partial charge in [0.15, 0.2) is 18.1 Å². The van der Waals surface area contributed by atoms with Gasteiger partial charge in [0.25, 0.3) is 5.91 Å². The van der Waals surface area contributed by atoms with E-state index in [9.17, 15) is 14.9 Å². The zero-order chi connectivity index (χ0) is 20.2. The second kappa shape index (κ2) is 11.5. The summed E-state index contributed by atoms with van der Waals surface area (Å²) in [5, 5.41) is 9.19. The van der Waals surface area contributed by atoms with Crippen LogP contribution in [0.3, 0.4) is 0 Å². The molecular weight excluding hydrogens is 352 g/mol. The van der Waals surface area contributed by atoms with Crippen molar-refractivity contribution in [2.75, 3.05) is 47.6 Å². The molecule has 0 radical (unpaired) electrons. The zero-order valence-corrected chi connectivity index (χ0v) is 16.0. The van der Waals surface area contributed by atoms with Crippen LogP contribution in [0.1, 0.15) is 12.5 Å². The second-order valence-electron chi connectivity index (χ2n) is 5.51. The molecule has 0 atom stereocenters. The molecule has 1 aromatic rings. The molecule has 0 N–H and O–H groups in total. The largest absolute Gasteiger partial charge is 0.490 e. The molecule has 0 unspecified atom stereocenters. The maximum Gasteiger partial charge on any atom is 0.348 e. The number of nitrogens with zero attached hydrogens (tertiary/aromatic N) is 2. The summed E-state index contributed by atoms with van der Waals surface area (Å²) >= 11 is 0. The third kappa shape index (κ3) is 7.38. The molecule has 0 heterocycles. The van der Waals surface area contributed by atoms with E-state index in [1.165, 1.54) is 18.1 Å². The molecule has 0 saturated carbocycles. The lowest BCUT2D eigenvalue weighted by molar-refractivity contribution is -0.139. The van der Waals surface area contributed by atoms with Crippen molar-refractivity contribution in [2.24, 2.45) is 0 Å². The minimum atomic E-state index is -0.732. The molecule has 0 aliphatic heterocycles. The van der Waals surface area contributed by atoms with Crippen molar-refractivity contribution in [3.63, 3.8) is 0 Å². The molecule has 0 fully saturated rings. The molecule has 0 aliphatic carbocycles. The van der Waals surface area contributed by atoms with Gasteiger partial charge in [-0.1, -0.05) is 6.07 Å². The Balaban J connectivity index is 2.98. The minimum Gasteiger partial charge on any atom is -0.490 e. The van der Waals surface area contributed by atoms with Crippen LogP contribution in [0.5, 0.6) is 11.5 Å². The number of ether oxygens (including phenoxy) is 4. The number of nitriles is 1. The van der Waals surface area contributed by atoms with Crippen LogP contribution in [0.15, 0.2) is 23.8 Å². The first-order valence-electron chi connectivity index (χ1n) is 8.30. The molecule has 8 nitrogen and oxygen atoms in total. The predicted octanol–water partition coefficient (Wildman–Crippen LogP) is 1.65. The first-order chi connectivity index (χ1) is 12.9. The van der Waals surface area contributed by atoms with E-state index in [4.69, 9.17) is 18.9 Å². The third-order valence-electron chi connectivity index (χ3n) is 3.29. The van der Waals surface area contributed by atoms with Crippen LogP contribution in [0.4, 0.5) is 0 Å². The molecule has 0 aliphatic rings. The lowest BCUT2D eigenvalue weighted by atomic mass is 10.1. The smallest absolute Gasteiger partial charge is 0.348 e. The Labute approximate surface area is 158 Å². The van der Waals surface area contributed by atoms with Gasteiger partial charge in [0.1, 0.15) is 18.2 Å². The van der Waals surface area contributed by atoms with Crippen LogP contribution in [0, 0.1) is 11.3 Å². The van der Waals surface area contributed by atoms with E-state index in [1.807, 2.05) is 13.0 Å². The summed E-state index contributed by atoms with van der Waals surface area (Å²) < 4.78 is 20.8. The fourth-order valence-corrected chi connectivity index (χ4v) is 1.87. The van der Waals surface area contributed by atoms with Crippen molar-refractivity contribution in [3.05, 3.63) is 29.3 Å². The summed E-state index contributed by atoms with van der Waals surface area (Å²) in [5.74, 6) is -0.121. The van der Waals surface area contributed by atoms with Crippen LogP contribution in [0.2, 0.25) is 0 Å². The molecule has 0 spiro atoms. The fraction of sp³-hybridized carbons (Fsp3) is 0.421. The number of amides is 1. The Hall–Kier alpha value is -3.05. The first-order valence-corrected chi connectivity index (χ1v) is 8.30. The average Bonchev–Trinajstić information content (AvgIpc) is 2.65. The number of methoxy groups -OCH3 is 1. The molecule has 0 aromatic heterocycles. The highest BCUT2D eigenvalue weighted by molar-refractivity contribution is 5.98. The highest BCUT2D eigenvalue weighted by Gasteiger charge is 2.13. The molecule has 1 rings (SSSR count). The Morgan fingerprint density at radius 3 is 2.52 bits per heavy atom. The summed E-state index contributed by atoms with van der Waals surface area (Å²) in [6.45, 7) is 2.37. The van der Waals surface area contributed by atoms with Gasteiger partial charge in [-0.3, -0.25) is 4.79 Å². The molecule has 1 amide bonds. The van der Waals surface area contributed by atoms with Gasteiger partial charge in [-0.05, 0) is 30.7 Å². The molecule has 8 heteroatoms. The first kappa shape index (κ1) is 22.0. The van der Waals surface area contributed by atoms with Gasteiger partial charge in [-0.2, -0.15) is 5.26 Å².